The van der Waals surface area contributed by atoms with Crippen LogP contribution in [0.3, 0.4) is 0 Å². The summed E-state index contributed by atoms with van der Waals surface area (Å²) in [5, 5.41) is 16.4. The fourth-order valence-electron chi connectivity index (χ4n) is 1.41. The molecule has 1 aromatic carbocycles. The number of nitrogens with zero attached hydrogens (tertiary/aromatic N) is 2. The van der Waals surface area contributed by atoms with Crippen molar-refractivity contribution in [1.82, 2.24) is 10.2 Å². The van der Waals surface area contributed by atoms with Gasteiger partial charge in [-0.25, -0.2) is 4.79 Å². The maximum Gasteiger partial charge on any atom is 0.337 e. The van der Waals surface area contributed by atoms with E-state index >= 15 is 0 Å². The SMILES string of the molecule is COc1cccc(-c2cc(C(=O)O)cnn2)c1. The average Bonchev–Trinajstić information content (AvgIpc) is 2.39. The number of aromatic nitrogens is 2. The van der Waals surface area contributed by atoms with Gasteiger partial charge in [0.05, 0.1) is 24.6 Å². The molecular formula is C12H10N2O3. The summed E-state index contributed by atoms with van der Waals surface area (Å²) in [6.45, 7) is 0. The molecule has 5 heteroatoms. The van der Waals surface area contributed by atoms with E-state index in [9.17, 15) is 4.79 Å². The highest BCUT2D eigenvalue weighted by Crippen LogP contribution is 2.22. The average molecular weight is 230 g/mol. The van der Waals surface area contributed by atoms with E-state index in [0.29, 0.717) is 11.4 Å². The first-order chi connectivity index (χ1) is 8.20. The molecule has 2 aromatic rings. The zero-order chi connectivity index (χ0) is 12.3. The molecule has 0 spiro atoms. The van der Waals surface area contributed by atoms with Crippen LogP contribution < -0.4 is 4.74 Å². The van der Waals surface area contributed by atoms with Gasteiger partial charge in [-0.3, -0.25) is 0 Å². The lowest BCUT2D eigenvalue weighted by atomic mass is 10.1. The lowest BCUT2D eigenvalue weighted by molar-refractivity contribution is 0.0696. The van der Waals surface area contributed by atoms with Crippen LogP contribution in [0.2, 0.25) is 0 Å². The second-order valence-corrected chi connectivity index (χ2v) is 3.37. The minimum absolute atomic E-state index is 0.109. The monoisotopic (exact) mass is 230 g/mol. The molecule has 0 fully saturated rings. The van der Waals surface area contributed by atoms with E-state index in [0.717, 1.165) is 5.56 Å². The van der Waals surface area contributed by atoms with Gasteiger partial charge in [0.25, 0.3) is 0 Å². The Hall–Kier alpha value is -2.43. The Morgan fingerprint density at radius 2 is 2.18 bits per heavy atom. The molecule has 0 saturated carbocycles. The zero-order valence-corrected chi connectivity index (χ0v) is 9.12. The van der Waals surface area contributed by atoms with Crippen molar-refractivity contribution in [1.29, 1.82) is 0 Å². The van der Waals surface area contributed by atoms with Crippen LogP contribution in [0.25, 0.3) is 11.3 Å². The fourth-order valence-corrected chi connectivity index (χ4v) is 1.41. The van der Waals surface area contributed by atoms with Gasteiger partial charge in [0.15, 0.2) is 0 Å². The highest BCUT2D eigenvalue weighted by Gasteiger charge is 2.07. The van der Waals surface area contributed by atoms with E-state index in [2.05, 4.69) is 10.2 Å². The number of benzene rings is 1. The van der Waals surface area contributed by atoms with Gasteiger partial charge in [-0.05, 0) is 18.2 Å². The summed E-state index contributed by atoms with van der Waals surface area (Å²) in [6.07, 6.45) is 1.21. The Morgan fingerprint density at radius 3 is 2.88 bits per heavy atom. The quantitative estimate of drug-likeness (QED) is 0.871. The van der Waals surface area contributed by atoms with Crippen molar-refractivity contribution in [2.45, 2.75) is 0 Å². The van der Waals surface area contributed by atoms with Crippen molar-refractivity contribution in [3.05, 3.63) is 42.1 Å². The first-order valence-electron chi connectivity index (χ1n) is 4.91. The number of hydrogen-bond acceptors (Lipinski definition) is 4. The maximum absolute atomic E-state index is 10.8. The van der Waals surface area contributed by atoms with E-state index in [1.165, 1.54) is 12.3 Å². The van der Waals surface area contributed by atoms with Gasteiger partial charge in [-0.15, -0.1) is 0 Å². The summed E-state index contributed by atoms with van der Waals surface area (Å²) in [4.78, 5) is 10.8. The van der Waals surface area contributed by atoms with Crippen molar-refractivity contribution in [3.63, 3.8) is 0 Å². The van der Waals surface area contributed by atoms with Gasteiger partial charge >= 0.3 is 5.97 Å². The second kappa shape index (κ2) is 4.61. The smallest absolute Gasteiger partial charge is 0.337 e. The maximum atomic E-state index is 10.8. The predicted molar refractivity (Wildman–Crippen MR) is 61.0 cm³/mol. The first kappa shape index (κ1) is 11.1. The van der Waals surface area contributed by atoms with Crippen LogP contribution in [-0.4, -0.2) is 28.4 Å². The lowest BCUT2D eigenvalue weighted by Gasteiger charge is -2.03. The number of hydrogen-bond donors (Lipinski definition) is 1. The normalized spacial score (nSPS) is 9.94. The van der Waals surface area contributed by atoms with E-state index in [1.807, 2.05) is 12.1 Å². The largest absolute Gasteiger partial charge is 0.497 e. The fraction of sp³-hybridized carbons (Fsp3) is 0.0833. The Bertz CT molecular complexity index is 555. The molecule has 0 atom stereocenters. The third kappa shape index (κ3) is 2.39. The van der Waals surface area contributed by atoms with Crippen LogP contribution in [0.5, 0.6) is 5.75 Å². The molecule has 0 unspecified atom stereocenters. The molecule has 0 saturated heterocycles. The molecule has 0 aliphatic carbocycles. The van der Waals surface area contributed by atoms with Gasteiger partial charge in [0.2, 0.25) is 0 Å². The number of carboxylic acids is 1. The molecule has 17 heavy (non-hydrogen) atoms. The topological polar surface area (TPSA) is 72.3 Å². The van der Waals surface area contributed by atoms with Crippen LogP contribution in [0.1, 0.15) is 10.4 Å². The number of methoxy groups -OCH3 is 1. The Morgan fingerprint density at radius 1 is 1.35 bits per heavy atom. The molecule has 1 heterocycles. The summed E-state index contributed by atoms with van der Waals surface area (Å²) in [6, 6.07) is 8.68. The minimum Gasteiger partial charge on any atom is -0.497 e. The van der Waals surface area contributed by atoms with Gasteiger partial charge in [0.1, 0.15) is 5.75 Å². The van der Waals surface area contributed by atoms with Gasteiger partial charge in [-0.2, -0.15) is 10.2 Å². The number of ether oxygens (including phenoxy) is 1. The summed E-state index contributed by atoms with van der Waals surface area (Å²) >= 11 is 0. The van der Waals surface area contributed by atoms with E-state index in [1.54, 1.807) is 19.2 Å². The third-order valence-electron chi connectivity index (χ3n) is 2.27. The van der Waals surface area contributed by atoms with Gasteiger partial charge in [0, 0.05) is 5.56 Å². The van der Waals surface area contributed by atoms with Crippen LogP contribution in [0, 0.1) is 0 Å². The molecule has 1 aromatic heterocycles. The van der Waals surface area contributed by atoms with Gasteiger partial charge in [-0.1, -0.05) is 12.1 Å². The lowest BCUT2D eigenvalue weighted by Crippen LogP contribution is -1.99. The van der Waals surface area contributed by atoms with Crippen LogP contribution in [-0.2, 0) is 0 Å². The van der Waals surface area contributed by atoms with Crippen molar-refractivity contribution in [3.8, 4) is 17.0 Å². The van der Waals surface area contributed by atoms with Gasteiger partial charge < -0.3 is 9.84 Å². The van der Waals surface area contributed by atoms with Crippen LogP contribution in [0.15, 0.2) is 36.5 Å². The van der Waals surface area contributed by atoms with Crippen molar-refractivity contribution < 1.29 is 14.6 Å². The molecule has 0 aliphatic rings. The van der Waals surface area contributed by atoms with E-state index in [-0.39, 0.29) is 5.56 Å². The summed E-state index contributed by atoms with van der Waals surface area (Å²) in [7, 11) is 1.57. The number of rotatable bonds is 3. The standard InChI is InChI=1S/C12H10N2O3/c1-17-10-4-2-3-8(5-10)11-6-9(12(15)16)7-13-14-11/h2-7H,1H3,(H,15,16). The van der Waals surface area contributed by atoms with Crippen molar-refractivity contribution in [2.75, 3.05) is 7.11 Å². The molecule has 0 radical (unpaired) electrons. The minimum atomic E-state index is -1.02. The van der Waals surface area contributed by atoms with E-state index in [4.69, 9.17) is 9.84 Å². The highest BCUT2D eigenvalue weighted by molar-refractivity contribution is 5.88. The van der Waals surface area contributed by atoms with E-state index < -0.39 is 5.97 Å². The highest BCUT2D eigenvalue weighted by atomic mass is 16.5. The summed E-state index contributed by atoms with van der Waals surface area (Å²) in [5.74, 6) is -0.339. The molecular weight excluding hydrogens is 220 g/mol. The van der Waals surface area contributed by atoms with Crippen molar-refractivity contribution in [2.24, 2.45) is 0 Å². The second-order valence-electron chi connectivity index (χ2n) is 3.37. The molecule has 5 nitrogen and oxygen atoms in total. The third-order valence-corrected chi connectivity index (χ3v) is 2.27. The summed E-state index contributed by atoms with van der Waals surface area (Å²) < 4.78 is 5.09. The Balaban J connectivity index is 2.45. The van der Waals surface area contributed by atoms with Crippen molar-refractivity contribution >= 4 is 5.97 Å². The number of carboxylic acid groups (broad SMARTS) is 1. The first-order valence-corrected chi connectivity index (χ1v) is 4.91. The number of carbonyl (C=O) groups is 1. The summed E-state index contributed by atoms with van der Waals surface area (Å²) in [5.41, 5.74) is 1.38. The predicted octanol–water partition coefficient (Wildman–Crippen LogP) is 1.85. The Labute approximate surface area is 97.7 Å². The molecule has 2 rings (SSSR count). The molecule has 0 bridgehead atoms. The molecule has 0 amide bonds. The molecule has 86 valence electrons. The molecule has 0 aliphatic heterocycles. The van der Waals surface area contributed by atoms with Crippen LogP contribution >= 0.6 is 0 Å². The number of aromatic carboxylic acids is 1. The molecule has 1 N–H and O–H groups in total. The van der Waals surface area contributed by atoms with Crippen LogP contribution in [0.4, 0.5) is 0 Å². The zero-order valence-electron chi connectivity index (χ0n) is 9.12. The Kier molecular flexibility index (Phi) is 3.00.